The van der Waals surface area contributed by atoms with Gasteiger partial charge in [0, 0.05) is 23.9 Å². The van der Waals surface area contributed by atoms with Gasteiger partial charge in [0.15, 0.2) is 0 Å². The number of amides is 1. The maximum absolute atomic E-state index is 12.3. The zero-order chi connectivity index (χ0) is 14.5. The first-order chi connectivity index (χ1) is 9.59. The summed E-state index contributed by atoms with van der Waals surface area (Å²) in [6, 6.07) is 11.7. The van der Waals surface area contributed by atoms with E-state index in [9.17, 15) is 4.79 Å². The fourth-order valence-electron chi connectivity index (χ4n) is 2.04. The predicted octanol–water partition coefficient (Wildman–Crippen LogP) is 3.61. The van der Waals surface area contributed by atoms with Gasteiger partial charge < -0.3 is 4.90 Å². The van der Waals surface area contributed by atoms with Gasteiger partial charge in [-0.1, -0.05) is 34.1 Å². The Bertz CT molecular complexity index is 586. The number of nitrogens with zero attached hydrogens (tertiary/aromatic N) is 2. The third kappa shape index (κ3) is 3.45. The van der Waals surface area contributed by atoms with Gasteiger partial charge in [-0.25, -0.2) is 0 Å². The molecule has 1 amide bonds. The number of aromatic nitrogens is 1. The van der Waals surface area contributed by atoms with Crippen molar-refractivity contribution in [1.82, 2.24) is 9.88 Å². The molecular weight excluding hydrogens is 316 g/mol. The van der Waals surface area contributed by atoms with Crippen molar-refractivity contribution in [3.05, 3.63) is 64.4 Å². The number of halogens is 1. The van der Waals surface area contributed by atoms with Crippen LogP contribution in [0.3, 0.4) is 0 Å². The monoisotopic (exact) mass is 332 g/mol. The standard InChI is InChI=1S/C16H17BrN2O/c1-12(14-5-3-4-6-15(14)17)19(2)16(20)11-13-7-9-18-10-8-13/h3-10,12H,11H2,1-2H3/t12-/m0/s1. The maximum atomic E-state index is 12.3. The van der Waals surface area contributed by atoms with Crippen LogP contribution in [-0.2, 0) is 11.2 Å². The average Bonchev–Trinajstić information content (AvgIpc) is 2.47. The van der Waals surface area contributed by atoms with E-state index in [1.54, 1.807) is 17.3 Å². The second-order valence-corrected chi connectivity index (χ2v) is 5.59. The summed E-state index contributed by atoms with van der Waals surface area (Å²) in [6.07, 6.45) is 3.81. The number of carbonyl (C=O) groups is 1. The van der Waals surface area contributed by atoms with Gasteiger partial charge in [-0.15, -0.1) is 0 Å². The molecule has 1 aromatic heterocycles. The Labute approximate surface area is 127 Å². The van der Waals surface area contributed by atoms with Crippen LogP contribution < -0.4 is 0 Å². The van der Waals surface area contributed by atoms with E-state index in [2.05, 4.69) is 20.9 Å². The SMILES string of the molecule is C[C@@H](c1ccccc1Br)N(C)C(=O)Cc1ccncc1. The highest BCUT2D eigenvalue weighted by Crippen LogP contribution is 2.26. The summed E-state index contributed by atoms with van der Waals surface area (Å²) in [5.74, 6) is 0.0967. The Morgan fingerprint density at radius 3 is 2.55 bits per heavy atom. The number of hydrogen-bond acceptors (Lipinski definition) is 2. The molecule has 2 aromatic rings. The third-order valence-corrected chi connectivity index (χ3v) is 4.16. The number of benzene rings is 1. The quantitative estimate of drug-likeness (QED) is 0.856. The Kier molecular flexibility index (Phi) is 4.90. The lowest BCUT2D eigenvalue weighted by molar-refractivity contribution is -0.131. The van der Waals surface area contributed by atoms with E-state index in [1.165, 1.54) is 0 Å². The van der Waals surface area contributed by atoms with E-state index in [0.717, 1.165) is 15.6 Å². The number of pyridine rings is 1. The van der Waals surface area contributed by atoms with Crippen molar-refractivity contribution in [3.63, 3.8) is 0 Å². The molecule has 0 N–H and O–H groups in total. The van der Waals surface area contributed by atoms with Gasteiger partial charge in [0.05, 0.1) is 12.5 Å². The van der Waals surface area contributed by atoms with Gasteiger partial charge in [-0.3, -0.25) is 9.78 Å². The van der Waals surface area contributed by atoms with Crippen LogP contribution >= 0.6 is 15.9 Å². The lowest BCUT2D eigenvalue weighted by Crippen LogP contribution is -2.31. The van der Waals surface area contributed by atoms with Crippen LogP contribution in [0.2, 0.25) is 0 Å². The van der Waals surface area contributed by atoms with Crippen molar-refractivity contribution in [2.24, 2.45) is 0 Å². The van der Waals surface area contributed by atoms with Gasteiger partial charge in [0.2, 0.25) is 5.91 Å². The highest BCUT2D eigenvalue weighted by atomic mass is 79.9. The normalized spacial score (nSPS) is 11.9. The fourth-order valence-corrected chi connectivity index (χ4v) is 2.65. The van der Waals surface area contributed by atoms with Crippen molar-refractivity contribution in [3.8, 4) is 0 Å². The molecule has 1 aromatic carbocycles. The van der Waals surface area contributed by atoms with Gasteiger partial charge in [-0.05, 0) is 36.2 Å². The van der Waals surface area contributed by atoms with E-state index in [4.69, 9.17) is 0 Å². The number of likely N-dealkylation sites (N-methyl/N-ethyl adjacent to an activating group) is 1. The number of rotatable bonds is 4. The zero-order valence-electron chi connectivity index (χ0n) is 11.6. The summed E-state index contributed by atoms with van der Waals surface area (Å²) in [5, 5.41) is 0. The minimum absolute atomic E-state index is 0.0277. The minimum atomic E-state index is 0.0277. The smallest absolute Gasteiger partial charge is 0.227 e. The molecule has 0 bridgehead atoms. The fraction of sp³-hybridized carbons (Fsp3) is 0.250. The van der Waals surface area contributed by atoms with Gasteiger partial charge in [0.1, 0.15) is 0 Å². The largest absolute Gasteiger partial charge is 0.339 e. The first-order valence-electron chi connectivity index (χ1n) is 6.48. The average molecular weight is 333 g/mol. The second-order valence-electron chi connectivity index (χ2n) is 4.73. The minimum Gasteiger partial charge on any atom is -0.339 e. The molecule has 0 aliphatic carbocycles. The van der Waals surface area contributed by atoms with Crippen molar-refractivity contribution in [2.45, 2.75) is 19.4 Å². The summed E-state index contributed by atoms with van der Waals surface area (Å²) >= 11 is 3.53. The summed E-state index contributed by atoms with van der Waals surface area (Å²) < 4.78 is 1.02. The lowest BCUT2D eigenvalue weighted by atomic mass is 10.1. The van der Waals surface area contributed by atoms with Crippen LogP contribution in [0.5, 0.6) is 0 Å². The van der Waals surface area contributed by atoms with Crippen molar-refractivity contribution < 1.29 is 4.79 Å². The first kappa shape index (κ1) is 14.7. The molecule has 0 radical (unpaired) electrons. The molecular formula is C16H17BrN2O. The van der Waals surface area contributed by atoms with Gasteiger partial charge in [-0.2, -0.15) is 0 Å². The molecule has 104 valence electrons. The topological polar surface area (TPSA) is 33.2 Å². The summed E-state index contributed by atoms with van der Waals surface area (Å²) in [4.78, 5) is 18.1. The molecule has 0 aliphatic rings. The van der Waals surface area contributed by atoms with Crippen molar-refractivity contribution in [2.75, 3.05) is 7.05 Å². The highest BCUT2D eigenvalue weighted by molar-refractivity contribution is 9.10. The van der Waals surface area contributed by atoms with E-state index in [-0.39, 0.29) is 11.9 Å². The lowest BCUT2D eigenvalue weighted by Gasteiger charge is -2.26. The molecule has 0 saturated carbocycles. The maximum Gasteiger partial charge on any atom is 0.227 e. The summed E-state index contributed by atoms with van der Waals surface area (Å²) in [6.45, 7) is 2.03. The van der Waals surface area contributed by atoms with Crippen LogP contribution in [0.15, 0.2) is 53.3 Å². The summed E-state index contributed by atoms with van der Waals surface area (Å²) in [5.41, 5.74) is 2.09. The van der Waals surface area contributed by atoms with Gasteiger partial charge >= 0.3 is 0 Å². The van der Waals surface area contributed by atoms with E-state index < -0.39 is 0 Å². The van der Waals surface area contributed by atoms with Crippen LogP contribution in [-0.4, -0.2) is 22.8 Å². The molecule has 0 spiro atoms. The van der Waals surface area contributed by atoms with Crippen LogP contribution in [0.25, 0.3) is 0 Å². The molecule has 1 heterocycles. The predicted molar refractivity (Wildman–Crippen MR) is 83.3 cm³/mol. The molecule has 1 atom stereocenters. The molecule has 4 heteroatoms. The molecule has 2 rings (SSSR count). The Hall–Kier alpha value is -1.68. The Morgan fingerprint density at radius 1 is 1.25 bits per heavy atom. The highest BCUT2D eigenvalue weighted by Gasteiger charge is 2.19. The molecule has 0 unspecified atom stereocenters. The van der Waals surface area contributed by atoms with E-state index >= 15 is 0 Å². The Morgan fingerprint density at radius 2 is 1.90 bits per heavy atom. The van der Waals surface area contributed by atoms with Crippen molar-refractivity contribution >= 4 is 21.8 Å². The van der Waals surface area contributed by atoms with Crippen LogP contribution in [0.1, 0.15) is 24.1 Å². The molecule has 0 saturated heterocycles. The molecule has 3 nitrogen and oxygen atoms in total. The zero-order valence-corrected chi connectivity index (χ0v) is 13.2. The van der Waals surface area contributed by atoms with E-state index in [1.807, 2.05) is 50.4 Å². The molecule has 0 aliphatic heterocycles. The van der Waals surface area contributed by atoms with E-state index in [0.29, 0.717) is 6.42 Å². The summed E-state index contributed by atoms with van der Waals surface area (Å²) in [7, 11) is 1.84. The van der Waals surface area contributed by atoms with Crippen molar-refractivity contribution in [1.29, 1.82) is 0 Å². The Balaban J connectivity index is 2.09. The van der Waals surface area contributed by atoms with Gasteiger partial charge in [0.25, 0.3) is 0 Å². The molecule has 0 fully saturated rings. The third-order valence-electron chi connectivity index (χ3n) is 3.43. The second kappa shape index (κ2) is 6.66. The van der Waals surface area contributed by atoms with Crippen LogP contribution in [0, 0.1) is 0 Å². The molecule has 20 heavy (non-hydrogen) atoms. The number of hydrogen-bond donors (Lipinski definition) is 0. The first-order valence-corrected chi connectivity index (χ1v) is 7.28. The number of carbonyl (C=O) groups excluding carboxylic acids is 1. The van der Waals surface area contributed by atoms with Crippen LogP contribution in [0.4, 0.5) is 0 Å².